The van der Waals surface area contributed by atoms with E-state index in [1.807, 2.05) is 18.2 Å². The van der Waals surface area contributed by atoms with Crippen molar-refractivity contribution in [2.45, 2.75) is 38.5 Å². The minimum atomic E-state index is -0.0393. The van der Waals surface area contributed by atoms with Crippen molar-refractivity contribution >= 4 is 22.9 Å². The maximum Gasteiger partial charge on any atom is 0.265 e. The summed E-state index contributed by atoms with van der Waals surface area (Å²) < 4.78 is 11.3. The first-order valence-electron chi connectivity index (χ1n) is 8.62. The molecule has 1 aromatic carbocycles. The van der Waals surface area contributed by atoms with Gasteiger partial charge in [0.25, 0.3) is 5.91 Å². The molecule has 1 aliphatic heterocycles. The van der Waals surface area contributed by atoms with Crippen LogP contribution in [0.3, 0.4) is 0 Å². The van der Waals surface area contributed by atoms with Crippen LogP contribution in [-0.2, 0) is 12.8 Å². The van der Waals surface area contributed by atoms with Crippen LogP contribution >= 0.6 is 11.3 Å². The molecule has 1 N–H and O–H groups in total. The summed E-state index contributed by atoms with van der Waals surface area (Å²) in [5.41, 5.74) is 2.11. The van der Waals surface area contributed by atoms with Gasteiger partial charge in [-0.05, 0) is 49.4 Å². The van der Waals surface area contributed by atoms with Gasteiger partial charge in [0, 0.05) is 23.1 Å². The number of anilines is 1. The summed E-state index contributed by atoms with van der Waals surface area (Å²) in [7, 11) is 0. The largest absolute Gasteiger partial charge is 0.490 e. The van der Waals surface area contributed by atoms with Crippen molar-refractivity contribution in [3.05, 3.63) is 39.6 Å². The average molecular weight is 343 g/mol. The molecular formula is C19H21NO3S. The fraction of sp³-hybridized carbons (Fsp3) is 0.421. The number of ether oxygens (including phenoxy) is 2. The fourth-order valence-corrected chi connectivity index (χ4v) is 4.36. The number of aryl methyl sites for hydroxylation is 2. The molecule has 0 atom stereocenters. The molecule has 1 amide bonds. The molecule has 1 aromatic heterocycles. The molecule has 0 bridgehead atoms. The summed E-state index contributed by atoms with van der Waals surface area (Å²) in [6, 6.07) is 7.64. The van der Waals surface area contributed by atoms with E-state index in [1.54, 1.807) is 11.3 Å². The molecule has 0 saturated carbocycles. The van der Waals surface area contributed by atoms with Gasteiger partial charge in [0.15, 0.2) is 11.5 Å². The Hall–Kier alpha value is -2.01. The zero-order chi connectivity index (χ0) is 16.4. The van der Waals surface area contributed by atoms with Crippen LogP contribution in [0.25, 0.3) is 0 Å². The molecule has 2 aromatic rings. The van der Waals surface area contributed by atoms with Crippen molar-refractivity contribution in [1.29, 1.82) is 0 Å². The van der Waals surface area contributed by atoms with Crippen LogP contribution < -0.4 is 14.8 Å². The first-order chi connectivity index (χ1) is 11.8. The van der Waals surface area contributed by atoms with Crippen molar-refractivity contribution in [1.82, 2.24) is 0 Å². The Balaban J connectivity index is 1.51. The van der Waals surface area contributed by atoms with Crippen LogP contribution in [0, 0.1) is 0 Å². The van der Waals surface area contributed by atoms with Gasteiger partial charge in [-0.1, -0.05) is 6.42 Å². The van der Waals surface area contributed by atoms with E-state index in [0.717, 1.165) is 35.6 Å². The van der Waals surface area contributed by atoms with Crippen LogP contribution in [0.5, 0.6) is 11.5 Å². The molecule has 0 unspecified atom stereocenters. The highest BCUT2D eigenvalue weighted by Crippen LogP contribution is 2.33. The van der Waals surface area contributed by atoms with Gasteiger partial charge in [0.1, 0.15) is 0 Å². The van der Waals surface area contributed by atoms with Gasteiger partial charge in [-0.3, -0.25) is 4.79 Å². The number of carbonyl (C=O) groups is 1. The molecule has 2 aliphatic rings. The lowest BCUT2D eigenvalue weighted by Gasteiger charge is -2.10. The van der Waals surface area contributed by atoms with E-state index in [9.17, 15) is 4.79 Å². The van der Waals surface area contributed by atoms with Crippen LogP contribution in [0.1, 0.15) is 45.8 Å². The van der Waals surface area contributed by atoms with Crippen molar-refractivity contribution in [3.8, 4) is 11.5 Å². The van der Waals surface area contributed by atoms with E-state index in [-0.39, 0.29) is 5.91 Å². The number of rotatable bonds is 2. The summed E-state index contributed by atoms with van der Waals surface area (Å²) in [5, 5.41) is 2.99. The second-order valence-electron chi connectivity index (χ2n) is 6.29. The fourth-order valence-electron chi connectivity index (χ4n) is 3.21. The monoisotopic (exact) mass is 343 g/mol. The highest BCUT2D eigenvalue weighted by Gasteiger charge is 2.17. The molecule has 24 heavy (non-hydrogen) atoms. The molecule has 2 heterocycles. The maximum atomic E-state index is 12.6. The smallest absolute Gasteiger partial charge is 0.265 e. The third-order valence-electron chi connectivity index (χ3n) is 4.48. The van der Waals surface area contributed by atoms with Crippen LogP contribution in [0.2, 0.25) is 0 Å². The van der Waals surface area contributed by atoms with Crippen molar-refractivity contribution < 1.29 is 14.3 Å². The van der Waals surface area contributed by atoms with Gasteiger partial charge in [0.05, 0.1) is 18.1 Å². The summed E-state index contributed by atoms with van der Waals surface area (Å²) in [4.78, 5) is 14.8. The highest BCUT2D eigenvalue weighted by atomic mass is 32.1. The van der Waals surface area contributed by atoms with Gasteiger partial charge in [-0.2, -0.15) is 0 Å². The summed E-state index contributed by atoms with van der Waals surface area (Å²) in [6.07, 6.45) is 6.83. The van der Waals surface area contributed by atoms with Crippen molar-refractivity contribution in [2.24, 2.45) is 0 Å². The highest BCUT2D eigenvalue weighted by molar-refractivity contribution is 7.14. The minimum Gasteiger partial charge on any atom is -0.490 e. The summed E-state index contributed by atoms with van der Waals surface area (Å²) in [5.74, 6) is 1.41. The van der Waals surface area contributed by atoms with E-state index in [2.05, 4.69) is 11.4 Å². The number of carbonyl (C=O) groups excluding carboxylic acids is 1. The third-order valence-corrected chi connectivity index (χ3v) is 5.71. The lowest BCUT2D eigenvalue weighted by atomic mass is 10.1. The van der Waals surface area contributed by atoms with Crippen LogP contribution in [-0.4, -0.2) is 19.1 Å². The Morgan fingerprint density at radius 2 is 1.79 bits per heavy atom. The van der Waals surface area contributed by atoms with E-state index in [4.69, 9.17) is 9.47 Å². The Bertz CT molecular complexity index is 730. The summed E-state index contributed by atoms with van der Waals surface area (Å²) >= 11 is 1.64. The molecule has 0 saturated heterocycles. The number of fused-ring (bicyclic) bond motifs is 2. The average Bonchev–Trinajstić information content (AvgIpc) is 2.76. The molecule has 4 nitrogen and oxygen atoms in total. The Labute approximate surface area is 145 Å². The van der Waals surface area contributed by atoms with E-state index in [0.29, 0.717) is 19.0 Å². The number of nitrogens with one attached hydrogen (secondary N) is 1. The van der Waals surface area contributed by atoms with Crippen LogP contribution in [0.15, 0.2) is 24.3 Å². The van der Waals surface area contributed by atoms with Gasteiger partial charge >= 0.3 is 0 Å². The van der Waals surface area contributed by atoms with Gasteiger partial charge in [-0.25, -0.2) is 0 Å². The van der Waals surface area contributed by atoms with Crippen molar-refractivity contribution in [3.63, 3.8) is 0 Å². The number of benzene rings is 1. The van der Waals surface area contributed by atoms with E-state index >= 15 is 0 Å². The predicted octanol–water partition coefficient (Wildman–Crippen LogP) is 4.43. The van der Waals surface area contributed by atoms with Crippen LogP contribution in [0.4, 0.5) is 5.69 Å². The Morgan fingerprint density at radius 3 is 2.71 bits per heavy atom. The Morgan fingerprint density at radius 1 is 0.958 bits per heavy atom. The second-order valence-corrected chi connectivity index (χ2v) is 7.42. The van der Waals surface area contributed by atoms with Gasteiger partial charge in [-0.15, -0.1) is 11.3 Å². The second kappa shape index (κ2) is 6.85. The molecule has 1 aliphatic carbocycles. The molecule has 0 fully saturated rings. The molecule has 4 rings (SSSR count). The molecule has 126 valence electrons. The quantitative estimate of drug-likeness (QED) is 0.821. The molecule has 5 heteroatoms. The first-order valence-corrected chi connectivity index (χ1v) is 9.44. The number of thiophene rings is 1. The molecular weight excluding hydrogens is 322 g/mol. The lowest BCUT2D eigenvalue weighted by molar-refractivity contribution is 0.103. The maximum absolute atomic E-state index is 12.6. The van der Waals surface area contributed by atoms with E-state index < -0.39 is 0 Å². The molecule has 0 radical (unpaired) electrons. The third kappa shape index (κ3) is 3.26. The minimum absolute atomic E-state index is 0.0393. The zero-order valence-corrected chi connectivity index (χ0v) is 14.4. The topological polar surface area (TPSA) is 47.6 Å². The Kier molecular flexibility index (Phi) is 4.43. The predicted molar refractivity (Wildman–Crippen MR) is 95.6 cm³/mol. The van der Waals surface area contributed by atoms with Gasteiger partial charge < -0.3 is 14.8 Å². The zero-order valence-electron chi connectivity index (χ0n) is 13.6. The lowest BCUT2D eigenvalue weighted by Crippen LogP contribution is -2.10. The number of hydrogen-bond acceptors (Lipinski definition) is 4. The van der Waals surface area contributed by atoms with Gasteiger partial charge in [0.2, 0.25) is 0 Å². The van der Waals surface area contributed by atoms with E-state index in [1.165, 1.54) is 29.7 Å². The summed E-state index contributed by atoms with van der Waals surface area (Å²) in [6.45, 7) is 1.31. The molecule has 0 spiro atoms. The SMILES string of the molecule is O=C(Nc1ccc2c(c1)OCCCO2)c1cc2c(s1)CCCCC2. The first kappa shape index (κ1) is 15.5. The van der Waals surface area contributed by atoms with Crippen molar-refractivity contribution in [2.75, 3.05) is 18.5 Å². The normalized spacial score (nSPS) is 16.7. The standard InChI is InChI=1S/C19H21NO3S/c21-19(18-11-13-5-2-1-3-6-17(13)24-18)20-14-7-8-15-16(12-14)23-10-4-9-22-15/h7-8,11-12H,1-6,9-10H2,(H,20,21). The number of hydrogen-bond donors (Lipinski definition) is 1. The number of amides is 1.